The number of thioether (sulfide) groups is 1. The lowest BCUT2D eigenvalue weighted by Crippen LogP contribution is -2.05. The third kappa shape index (κ3) is 6.13. The summed E-state index contributed by atoms with van der Waals surface area (Å²) >= 11 is 3.26. The minimum absolute atomic E-state index is 0.229. The van der Waals surface area contributed by atoms with Crippen LogP contribution in [0.15, 0.2) is 11.4 Å². The molecular weight excluding hydrogens is 274 g/mol. The van der Waals surface area contributed by atoms with Gasteiger partial charge in [0.15, 0.2) is 0 Å². The van der Waals surface area contributed by atoms with Crippen LogP contribution in [0.1, 0.15) is 10.4 Å². The Kier molecular flexibility index (Phi) is 6.06. The molecule has 1 heterocycles. The van der Waals surface area contributed by atoms with Crippen LogP contribution in [0.3, 0.4) is 0 Å². The highest BCUT2D eigenvalue weighted by Gasteiger charge is 2.04. The van der Waals surface area contributed by atoms with Crippen LogP contribution < -0.4 is 5.73 Å². The zero-order chi connectivity index (χ0) is 12.7. The van der Waals surface area contributed by atoms with Gasteiger partial charge in [0, 0.05) is 28.2 Å². The maximum absolute atomic E-state index is 11.0. The molecule has 94 valence electrons. The molecule has 0 unspecified atom stereocenters. The van der Waals surface area contributed by atoms with Gasteiger partial charge in [0.25, 0.3) is 0 Å². The van der Waals surface area contributed by atoms with Crippen molar-refractivity contribution < 1.29 is 8.42 Å². The summed E-state index contributed by atoms with van der Waals surface area (Å²) in [4.78, 5) is 1.18. The van der Waals surface area contributed by atoms with E-state index in [9.17, 15) is 8.42 Å². The van der Waals surface area contributed by atoms with Crippen molar-refractivity contribution in [2.24, 2.45) is 5.73 Å². The summed E-state index contributed by atoms with van der Waals surface area (Å²) in [5, 5.41) is 1.99. The lowest BCUT2D eigenvalue weighted by Gasteiger charge is -1.99. The van der Waals surface area contributed by atoms with Gasteiger partial charge in [0.1, 0.15) is 9.84 Å². The lowest BCUT2D eigenvalue weighted by molar-refractivity contribution is 0.603. The first-order valence-corrected chi connectivity index (χ1v) is 9.13. The number of thiophene rings is 1. The molecule has 1 aromatic heterocycles. The summed E-state index contributed by atoms with van der Waals surface area (Å²) in [6.45, 7) is 0.358. The Labute approximate surface area is 111 Å². The van der Waals surface area contributed by atoms with Crippen molar-refractivity contribution in [2.75, 3.05) is 24.3 Å². The van der Waals surface area contributed by atoms with E-state index in [0.717, 1.165) is 11.3 Å². The molecule has 1 rings (SSSR count). The first-order valence-electron chi connectivity index (χ1n) is 5.03. The first-order chi connectivity index (χ1) is 8.03. The molecule has 0 aliphatic rings. The predicted octanol–water partition coefficient (Wildman–Crippen LogP) is 1.34. The quantitative estimate of drug-likeness (QED) is 0.656. The van der Waals surface area contributed by atoms with Crippen molar-refractivity contribution in [3.63, 3.8) is 0 Å². The summed E-state index contributed by atoms with van der Waals surface area (Å²) in [7, 11) is -2.85. The molecule has 0 saturated carbocycles. The zero-order valence-electron chi connectivity index (χ0n) is 9.60. The fraction of sp³-hybridized carbons (Fsp3) is 0.455. The van der Waals surface area contributed by atoms with Crippen LogP contribution in [0.5, 0.6) is 0 Å². The normalized spacial score (nSPS) is 10.9. The largest absolute Gasteiger partial charge is 0.320 e. The third-order valence-electron chi connectivity index (χ3n) is 1.90. The molecule has 6 heteroatoms. The SMILES string of the molecule is CS(=O)(=O)CCSCc1sccc1C#CCN. The van der Waals surface area contributed by atoms with Crippen LogP contribution in [0.2, 0.25) is 0 Å². The van der Waals surface area contributed by atoms with Crippen LogP contribution in [0.25, 0.3) is 0 Å². The van der Waals surface area contributed by atoms with Crippen LogP contribution in [-0.4, -0.2) is 32.7 Å². The van der Waals surface area contributed by atoms with Crippen molar-refractivity contribution >= 4 is 32.9 Å². The van der Waals surface area contributed by atoms with E-state index >= 15 is 0 Å². The topological polar surface area (TPSA) is 60.2 Å². The highest BCUT2D eigenvalue weighted by atomic mass is 32.2. The van der Waals surface area contributed by atoms with Gasteiger partial charge in [-0.25, -0.2) is 8.42 Å². The van der Waals surface area contributed by atoms with E-state index in [1.807, 2.05) is 11.4 Å². The summed E-state index contributed by atoms with van der Waals surface area (Å²) < 4.78 is 21.9. The molecule has 2 N–H and O–H groups in total. The van der Waals surface area contributed by atoms with Crippen molar-refractivity contribution in [1.29, 1.82) is 0 Å². The van der Waals surface area contributed by atoms with Crippen LogP contribution in [0, 0.1) is 11.8 Å². The average Bonchev–Trinajstić information content (AvgIpc) is 2.67. The minimum atomic E-state index is -2.85. The van der Waals surface area contributed by atoms with Crippen LogP contribution in [0.4, 0.5) is 0 Å². The van der Waals surface area contributed by atoms with Gasteiger partial charge in [-0.15, -0.1) is 11.3 Å². The molecule has 3 nitrogen and oxygen atoms in total. The van der Waals surface area contributed by atoms with E-state index < -0.39 is 9.84 Å². The molecular formula is C11H15NO2S3. The first kappa shape index (κ1) is 14.6. The molecule has 0 aliphatic heterocycles. The van der Waals surface area contributed by atoms with Gasteiger partial charge in [-0.05, 0) is 11.4 Å². The van der Waals surface area contributed by atoms with E-state index in [-0.39, 0.29) is 5.75 Å². The smallest absolute Gasteiger partial charge is 0.148 e. The Bertz CT molecular complexity index is 508. The van der Waals surface area contributed by atoms with Gasteiger partial charge >= 0.3 is 0 Å². The summed E-state index contributed by atoms with van der Waals surface area (Å²) in [5.74, 6) is 7.50. The van der Waals surface area contributed by atoms with E-state index in [2.05, 4.69) is 11.8 Å². The number of hydrogen-bond acceptors (Lipinski definition) is 5. The van der Waals surface area contributed by atoms with Crippen molar-refractivity contribution in [2.45, 2.75) is 5.75 Å². The third-order valence-corrected chi connectivity index (χ3v) is 5.20. The number of rotatable bonds is 5. The van der Waals surface area contributed by atoms with E-state index in [4.69, 9.17) is 5.73 Å². The Balaban J connectivity index is 2.44. The highest BCUT2D eigenvalue weighted by molar-refractivity contribution is 8.00. The molecule has 17 heavy (non-hydrogen) atoms. The highest BCUT2D eigenvalue weighted by Crippen LogP contribution is 2.21. The zero-order valence-corrected chi connectivity index (χ0v) is 12.1. The maximum Gasteiger partial charge on any atom is 0.148 e. The second-order valence-corrected chi connectivity index (χ2v) is 7.81. The Hall–Kier alpha value is -0.480. The standard InChI is InChI=1S/C11H15NO2S3/c1-17(13,14)8-7-15-9-11-10(3-2-5-12)4-6-16-11/h4,6H,5,7-9,12H2,1H3. The summed E-state index contributed by atoms with van der Waals surface area (Å²) in [6, 6.07) is 1.97. The van der Waals surface area contributed by atoms with Gasteiger partial charge in [-0.2, -0.15) is 11.8 Å². The molecule has 0 spiro atoms. The van der Waals surface area contributed by atoms with Crippen molar-refractivity contribution in [3.05, 3.63) is 21.9 Å². The van der Waals surface area contributed by atoms with Gasteiger partial charge in [0.05, 0.1) is 12.3 Å². The van der Waals surface area contributed by atoms with E-state index in [1.54, 1.807) is 23.1 Å². The van der Waals surface area contributed by atoms with Gasteiger partial charge < -0.3 is 5.73 Å². The van der Waals surface area contributed by atoms with Gasteiger partial charge in [-0.3, -0.25) is 0 Å². The number of nitrogens with two attached hydrogens (primary N) is 1. The molecule has 0 amide bonds. The van der Waals surface area contributed by atoms with Gasteiger partial charge in [-0.1, -0.05) is 11.8 Å². The number of hydrogen-bond donors (Lipinski definition) is 1. The second-order valence-electron chi connectivity index (χ2n) is 3.45. The fourth-order valence-corrected chi connectivity index (χ4v) is 4.39. The molecule has 1 aromatic rings. The van der Waals surface area contributed by atoms with Crippen LogP contribution >= 0.6 is 23.1 Å². The van der Waals surface area contributed by atoms with Gasteiger partial charge in [0.2, 0.25) is 0 Å². The maximum atomic E-state index is 11.0. The molecule has 0 saturated heterocycles. The lowest BCUT2D eigenvalue weighted by atomic mass is 10.3. The predicted molar refractivity (Wildman–Crippen MR) is 76.1 cm³/mol. The molecule has 0 fully saturated rings. The Morgan fingerprint density at radius 2 is 2.29 bits per heavy atom. The molecule has 0 bridgehead atoms. The monoisotopic (exact) mass is 289 g/mol. The van der Waals surface area contributed by atoms with Crippen molar-refractivity contribution in [1.82, 2.24) is 0 Å². The van der Waals surface area contributed by atoms with Crippen molar-refractivity contribution in [3.8, 4) is 11.8 Å². The molecule has 0 radical (unpaired) electrons. The summed E-state index contributed by atoms with van der Waals surface area (Å²) in [6.07, 6.45) is 1.26. The number of sulfone groups is 1. The minimum Gasteiger partial charge on any atom is -0.320 e. The average molecular weight is 289 g/mol. The molecule has 0 aromatic carbocycles. The van der Waals surface area contributed by atoms with E-state index in [0.29, 0.717) is 12.3 Å². The fourth-order valence-electron chi connectivity index (χ4n) is 1.09. The second kappa shape index (κ2) is 7.07. The van der Waals surface area contributed by atoms with E-state index in [1.165, 1.54) is 11.1 Å². The Morgan fingerprint density at radius 1 is 1.53 bits per heavy atom. The molecule has 0 atom stereocenters. The summed E-state index contributed by atoms with van der Waals surface area (Å²) in [5.41, 5.74) is 6.33. The Morgan fingerprint density at radius 3 is 2.94 bits per heavy atom. The molecule has 0 aliphatic carbocycles. The van der Waals surface area contributed by atoms with Crippen LogP contribution in [-0.2, 0) is 15.6 Å².